The van der Waals surface area contributed by atoms with E-state index >= 15 is 0 Å². The van der Waals surface area contributed by atoms with Crippen LogP contribution in [0.4, 0.5) is 0 Å². The first-order chi connectivity index (χ1) is 24.4. The first-order valence-electron chi connectivity index (χ1n) is 19.7. The number of hydrogen-bond acceptors (Lipinski definition) is 9. The SMILES string of the molecule is CCCCCCCCCCCCCCCCCC[N+](C)(C)C(OCC(C)(CO)C(=O)O)(OCC(C)(CO)C(=O)O)C(C[SiH3])OCC(C)(CO)C(=O)O. The largest absolute Gasteiger partial charge is 0.481 e. The lowest BCUT2D eigenvalue weighted by Gasteiger charge is -2.51. The number of aliphatic carboxylic acids is 3. The van der Waals surface area contributed by atoms with Crippen LogP contribution in [0, 0.1) is 16.2 Å². The van der Waals surface area contributed by atoms with Crippen molar-refractivity contribution < 1.29 is 63.7 Å². The monoisotopic (exact) mass is 767 g/mol. The lowest BCUT2D eigenvalue weighted by Crippen LogP contribution is -2.71. The molecule has 0 aromatic rings. The molecule has 52 heavy (non-hydrogen) atoms. The van der Waals surface area contributed by atoms with E-state index in [2.05, 4.69) is 6.92 Å². The zero-order chi connectivity index (χ0) is 39.9. The quantitative estimate of drug-likeness (QED) is 0.0230. The summed E-state index contributed by atoms with van der Waals surface area (Å²) in [5, 5.41) is 59.7. The predicted molar refractivity (Wildman–Crippen MR) is 204 cm³/mol. The fourth-order valence-electron chi connectivity index (χ4n) is 5.99. The number of carbonyl (C=O) groups is 3. The fourth-order valence-corrected chi connectivity index (χ4v) is 6.75. The maximum absolute atomic E-state index is 12.2. The molecule has 6 N–H and O–H groups in total. The van der Waals surface area contributed by atoms with E-state index in [-0.39, 0.29) is 4.48 Å². The van der Waals surface area contributed by atoms with Crippen LogP contribution < -0.4 is 0 Å². The van der Waals surface area contributed by atoms with Crippen LogP contribution in [-0.4, -0.2) is 136 Å². The van der Waals surface area contributed by atoms with Gasteiger partial charge in [0.05, 0.1) is 60.3 Å². The lowest BCUT2D eigenvalue weighted by atomic mass is 9.92. The number of likely N-dealkylation sites (N-methyl/N-ethyl adjacent to an activating group) is 1. The molecular weight excluding hydrogens is 690 g/mol. The second-order valence-electron chi connectivity index (χ2n) is 16.2. The Kier molecular flexibility index (Phi) is 24.6. The molecule has 0 aromatic heterocycles. The molecule has 0 radical (unpaired) electrons. The van der Waals surface area contributed by atoms with Gasteiger partial charge in [0, 0.05) is 10.2 Å². The smallest absolute Gasteiger partial charge is 0.345 e. The molecule has 0 saturated heterocycles. The Morgan fingerprint density at radius 2 is 0.885 bits per heavy atom. The minimum Gasteiger partial charge on any atom is -0.481 e. The normalized spacial score (nSPS) is 17.5. The molecule has 4 atom stereocenters. The van der Waals surface area contributed by atoms with E-state index in [4.69, 9.17) is 14.2 Å². The van der Waals surface area contributed by atoms with E-state index in [9.17, 15) is 45.0 Å². The van der Waals surface area contributed by atoms with Gasteiger partial charge in [-0.05, 0) is 39.7 Å². The Bertz CT molecular complexity index is 985. The average molecular weight is 767 g/mol. The number of quaternary nitrogens is 1. The van der Waals surface area contributed by atoms with Crippen LogP contribution in [0.3, 0.4) is 0 Å². The molecule has 0 rings (SSSR count). The van der Waals surface area contributed by atoms with E-state index in [1.165, 1.54) is 97.8 Å². The fraction of sp³-hybridized carbons (Fsp3) is 0.921. The summed E-state index contributed by atoms with van der Waals surface area (Å²) in [6, 6.07) is 0.299. The van der Waals surface area contributed by atoms with Crippen LogP contribution in [0.2, 0.25) is 6.04 Å². The van der Waals surface area contributed by atoms with Crippen molar-refractivity contribution in [3.8, 4) is 0 Å². The summed E-state index contributed by atoms with van der Waals surface area (Å²) in [5.41, 5.74) is -5.19. The second kappa shape index (κ2) is 25.4. The van der Waals surface area contributed by atoms with Crippen molar-refractivity contribution in [1.29, 1.82) is 0 Å². The van der Waals surface area contributed by atoms with Gasteiger partial charge in [-0.25, -0.2) is 0 Å². The third-order valence-electron chi connectivity index (χ3n) is 10.6. The zero-order valence-electron chi connectivity index (χ0n) is 33.6. The van der Waals surface area contributed by atoms with Crippen LogP contribution in [0.25, 0.3) is 0 Å². The summed E-state index contributed by atoms with van der Waals surface area (Å²) in [4.78, 5) is 36.4. The predicted octanol–water partition coefficient (Wildman–Crippen LogP) is 4.43. The van der Waals surface area contributed by atoms with Crippen molar-refractivity contribution in [3.63, 3.8) is 0 Å². The molecule has 0 aliphatic carbocycles. The number of aliphatic hydroxyl groups is 3. The van der Waals surface area contributed by atoms with E-state index in [1.807, 2.05) is 0 Å². The summed E-state index contributed by atoms with van der Waals surface area (Å²) in [6.45, 7) is 2.89. The van der Waals surface area contributed by atoms with Crippen LogP contribution in [0.1, 0.15) is 130 Å². The molecular formula is C38H76NO12Si+. The molecule has 0 spiro atoms. The highest BCUT2D eigenvalue weighted by Gasteiger charge is 2.58. The number of rotatable bonds is 35. The maximum atomic E-state index is 12.2. The Morgan fingerprint density at radius 1 is 0.577 bits per heavy atom. The first-order valence-corrected chi connectivity index (χ1v) is 21.1. The summed E-state index contributed by atoms with van der Waals surface area (Å²) in [6.07, 6.45) is 18.3. The highest BCUT2D eigenvalue weighted by atomic mass is 28.1. The molecule has 14 heteroatoms. The Morgan fingerprint density at radius 3 is 1.17 bits per heavy atom. The molecule has 0 aromatic carbocycles. The molecule has 0 heterocycles. The molecule has 0 amide bonds. The molecule has 4 unspecified atom stereocenters. The molecule has 13 nitrogen and oxygen atoms in total. The number of unbranched alkanes of at least 4 members (excludes halogenated alkanes) is 15. The van der Waals surface area contributed by atoms with E-state index < -0.39 is 85.8 Å². The van der Waals surface area contributed by atoms with Crippen LogP contribution >= 0.6 is 0 Å². The molecule has 0 fully saturated rings. The minimum atomic E-state index is -1.89. The standard InChI is InChI=1S/C38H75NO12Si/c1-7-8-9-10-11-12-13-14-15-16-17-18-19-20-21-22-23-39(5,6)38(50-29-36(3,26-41)33(45)46,51-30-37(4,27-42)34(47)48)31(24-52)49-28-35(2,25-40)32(43)44/h31,40-42H,7-30H2,1-6,52H3,(H2-,43,44,45,46,47,48)/p+1. The van der Waals surface area contributed by atoms with Gasteiger partial charge in [-0.2, -0.15) is 0 Å². The highest BCUT2D eigenvalue weighted by molar-refractivity contribution is 6.08. The minimum absolute atomic E-state index is 0.0797. The molecule has 308 valence electrons. The van der Waals surface area contributed by atoms with Crippen LogP contribution in [0.15, 0.2) is 0 Å². The van der Waals surface area contributed by atoms with Gasteiger partial charge in [-0.3, -0.25) is 28.3 Å². The third kappa shape index (κ3) is 16.4. The van der Waals surface area contributed by atoms with Crippen molar-refractivity contribution in [2.45, 2.75) is 148 Å². The number of ether oxygens (including phenoxy) is 3. The van der Waals surface area contributed by atoms with Crippen molar-refractivity contribution in [2.75, 3.05) is 60.3 Å². The summed E-state index contributed by atoms with van der Waals surface area (Å²) < 4.78 is 19.0. The molecule has 0 aliphatic rings. The maximum Gasteiger partial charge on any atom is 0.345 e. The summed E-state index contributed by atoms with van der Waals surface area (Å²) in [5.74, 6) is -5.81. The lowest BCUT2D eigenvalue weighted by molar-refractivity contribution is -1.00. The molecule has 0 saturated carbocycles. The Hall–Kier alpha value is -1.65. The van der Waals surface area contributed by atoms with Gasteiger partial charge in [0.25, 0.3) is 0 Å². The average Bonchev–Trinajstić information content (AvgIpc) is 3.11. The molecule has 0 bridgehead atoms. The zero-order valence-corrected chi connectivity index (χ0v) is 35.6. The number of hydrogen-bond donors (Lipinski definition) is 6. The third-order valence-corrected chi connectivity index (χ3v) is 11.3. The van der Waals surface area contributed by atoms with Gasteiger partial charge in [0.2, 0.25) is 0 Å². The Labute approximate surface area is 316 Å². The van der Waals surface area contributed by atoms with E-state index in [0.29, 0.717) is 22.8 Å². The number of carboxylic acid groups (broad SMARTS) is 3. The summed E-state index contributed by atoms with van der Waals surface area (Å²) >= 11 is 0. The molecule has 0 aliphatic heterocycles. The number of carboxylic acids is 3. The number of nitrogens with zero attached hydrogens (tertiary/aromatic N) is 1. The van der Waals surface area contributed by atoms with Gasteiger partial charge in [0.15, 0.2) is 6.10 Å². The van der Waals surface area contributed by atoms with E-state index in [0.717, 1.165) is 25.7 Å². The van der Waals surface area contributed by atoms with Crippen molar-refractivity contribution >= 4 is 28.2 Å². The second-order valence-corrected chi connectivity index (χ2v) is 17.0. The van der Waals surface area contributed by atoms with Gasteiger partial charge >= 0.3 is 23.8 Å². The van der Waals surface area contributed by atoms with E-state index in [1.54, 1.807) is 14.1 Å². The van der Waals surface area contributed by atoms with Crippen LogP contribution in [-0.2, 0) is 28.6 Å². The van der Waals surface area contributed by atoms with Crippen molar-refractivity contribution in [2.24, 2.45) is 16.2 Å². The van der Waals surface area contributed by atoms with Gasteiger partial charge in [-0.1, -0.05) is 96.8 Å². The highest BCUT2D eigenvalue weighted by Crippen LogP contribution is 2.37. The summed E-state index contributed by atoms with van der Waals surface area (Å²) in [7, 11) is 4.10. The topological polar surface area (TPSA) is 200 Å². The van der Waals surface area contributed by atoms with Crippen molar-refractivity contribution in [1.82, 2.24) is 0 Å². The van der Waals surface area contributed by atoms with Crippen molar-refractivity contribution in [3.05, 3.63) is 0 Å². The first kappa shape index (κ1) is 50.3. The van der Waals surface area contributed by atoms with Gasteiger partial charge in [0.1, 0.15) is 16.2 Å². The van der Waals surface area contributed by atoms with Crippen LogP contribution in [0.5, 0.6) is 0 Å². The number of aliphatic hydroxyl groups excluding tert-OH is 3. The van der Waals surface area contributed by atoms with Gasteiger partial charge in [-0.15, -0.1) is 0 Å². The van der Waals surface area contributed by atoms with Gasteiger partial charge < -0.3 is 35.4 Å². The Balaban J connectivity index is 5.92.